The van der Waals surface area contributed by atoms with Crippen molar-refractivity contribution < 1.29 is 9.53 Å². The topological polar surface area (TPSA) is 29.5 Å². The van der Waals surface area contributed by atoms with E-state index in [0.29, 0.717) is 18.7 Å². The van der Waals surface area contributed by atoms with Crippen LogP contribution in [0.2, 0.25) is 0 Å². The Morgan fingerprint density at radius 1 is 0.800 bits per heavy atom. The zero-order valence-corrected chi connectivity index (χ0v) is 14.3. The lowest BCUT2D eigenvalue weighted by Gasteiger charge is -2.17. The van der Waals surface area contributed by atoms with Gasteiger partial charge in [-0.05, 0) is 35.4 Å². The fraction of sp³-hybridized carbons (Fsp3) is 0.136. The van der Waals surface area contributed by atoms with Crippen molar-refractivity contribution in [3.8, 4) is 5.75 Å². The minimum atomic E-state index is -0.00142. The molecule has 0 atom stereocenters. The van der Waals surface area contributed by atoms with Gasteiger partial charge in [0.15, 0.2) is 0 Å². The number of hydrogen-bond donors (Lipinski definition) is 0. The molecule has 25 heavy (non-hydrogen) atoms. The lowest BCUT2D eigenvalue weighted by molar-refractivity contribution is 0.0785. The average molecular weight is 331 g/mol. The average Bonchev–Trinajstić information content (AvgIpc) is 2.68. The largest absolute Gasteiger partial charge is 0.489 e. The third-order valence-electron chi connectivity index (χ3n) is 3.96. The molecule has 0 saturated heterocycles. The van der Waals surface area contributed by atoms with Gasteiger partial charge in [-0.1, -0.05) is 60.7 Å². The Labute approximate surface area is 148 Å². The molecule has 3 aromatic rings. The van der Waals surface area contributed by atoms with Crippen LogP contribution in [0.15, 0.2) is 84.9 Å². The zero-order chi connectivity index (χ0) is 17.5. The van der Waals surface area contributed by atoms with Crippen LogP contribution in [-0.4, -0.2) is 17.9 Å². The number of carbonyl (C=O) groups is 1. The lowest BCUT2D eigenvalue weighted by Crippen LogP contribution is -2.26. The van der Waals surface area contributed by atoms with Crippen LogP contribution in [0.3, 0.4) is 0 Å². The number of benzene rings is 3. The molecular formula is C22H21NO2. The van der Waals surface area contributed by atoms with E-state index in [4.69, 9.17) is 4.74 Å². The van der Waals surface area contributed by atoms with E-state index in [1.165, 1.54) is 0 Å². The van der Waals surface area contributed by atoms with E-state index in [1.54, 1.807) is 4.90 Å². The standard InChI is InChI=1S/C22H21NO2/c1-23(16-18-8-4-2-5-9-18)22(24)20-12-14-21(15-13-20)25-17-19-10-6-3-7-11-19/h2-15H,16-17H2,1H3. The quantitative estimate of drug-likeness (QED) is 0.664. The molecule has 0 heterocycles. The normalized spacial score (nSPS) is 10.3. The molecule has 0 aliphatic heterocycles. The number of carbonyl (C=O) groups excluding carboxylic acids is 1. The highest BCUT2D eigenvalue weighted by Crippen LogP contribution is 2.16. The van der Waals surface area contributed by atoms with Crippen molar-refractivity contribution >= 4 is 5.91 Å². The summed E-state index contributed by atoms with van der Waals surface area (Å²) in [7, 11) is 1.81. The molecule has 126 valence electrons. The Balaban J connectivity index is 1.58. The monoisotopic (exact) mass is 331 g/mol. The second-order valence-corrected chi connectivity index (χ2v) is 5.95. The van der Waals surface area contributed by atoms with Gasteiger partial charge >= 0.3 is 0 Å². The maximum Gasteiger partial charge on any atom is 0.253 e. The van der Waals surface area contributed by atoms with Gasteiger partial charge in [0.2, 0.25) is 0 Å². The molecule has 0 aromatic heterocycles. The summed E-state index contributed by atoms with van der Waals surface area (Å²) in [6.45, 7) is 1.11. The van der Waals surface area contributed by atoms with Gasteiger partial charge in [-0.25, -0.2) is 0 Å². The van der Waals surface area contributed by atoms with Crippen molar-refractivity contribution in [2.75, 3.05) is 7.05 Å². The van der Waals surface area contributed by atoms with E-state index in [0.717, 1.165) is 16.9 Å². The Morgan fingerprint density at radius 3 is 1.96 bits per heavy atom. The first kappa shape index (κ1) is 16.8. The van der Waals surface area contributed by atoms with E-state index >= 15 is 0 Å². The Morgan fingerprint density at radius 2 is 1.36 bits per heavy atom. The molecule has 0 unspecified atom stereocenters. The van der Waals surface area contributed by atoms with Crippen LogP contribution >= 0.6 is 0 Å². The number of amides is 1. The summed E-state index contributed by atoms with van der Waals surface area (Å²) in [4.78, 5) is 14.2. The molecule has 0 spiro atoms. The first-order valence-electron chi connectivity index (χ1n) is 8.28. The van der Waals surface area contributed by atoms with Crippen molar-refractivity contribution in [2.45, 2.75) is 13.2 Å². The molecule has 0 aliphatic carbocycles. The predicted octanol–water partition coefficient (Wildman–Crippen LogP) is 4.54. The van der Waals surface area contributed by atoms with Crippen molar-refractivity contribution in [3.63, 3.8) is 0 Å². The number of ether oxygens (including phenoxy) is 1. The second kappa shape index (κ2) is 8.15. The van der Waals surface area contributed by atoms with Crippen LogP contribution in [0.4, 0.5) is 0 Å². The summed E-state index contributed by atoms with van der Waals surface area (Å²) in [5, 5.41) is 0. The number of rotatable bonds is 6. The number of hydrogen-bond acceptors (Lipinski definition) is 2. The predicted molar refractivity (Wildman–Crippen MR) is 99.5 cm³/mol. The summed E-state index contributed by atoms with van der Waals surface area (Å²) in [6.07, 6.45) is 0. The first-order valence-corrected chi connectivity index (χ1v) is 8.28. The molecule has 3 nitrogen and oxygen atoms in total. The van der Waals surface area contributed by atoms with Crippen molar-refractivity contribution in [1.82, 2.24) is 4.90 Å². The Kier molecular flexibility index (Phi) is 5.47. The van der Waals surface area contributed by atoms with Crippen molar-refractivity contribution in [3.05, 3.63) is 102 Å². The van der Waals surface area contributed by atoms with Gasteiger partial charge in [-0.2, -0.15) is 0 Å². The molecule has 0 N–H and O–H groups in total. The van der Waals surface area contributed by atoms with Gasteiger partial charge in [0.25, 0.3) is 5.91 Å². The van der Waals surface area contributed by atoms with E-state index in [9.17, 15) is 4.79 Å². The Bertz CT molecular complexity index is 798. The maximum atomic E-state index is 12.5. The zero-order valence-electron chi connectivity index (χ0n) is 14.3. The first-order chi connectivity index (χ1) is 12.2. The second-order valence-electron chi connectivity index (χ2n) is 5.95. The van der Waals surface area contributed by atoms with Crippen LogP contribution in [0, 0.1) is 0 Å². The molecule has 0 fully saturated rings. The van der Waals surface area contributed by atoms with E-state index in [-0.39, 0.29) is 5.91 Å². The third kappa shape index (κ3) is 4.70. The smallest absolute Gasteiger partial charge is 0.253 e. The SMILES string of the molecule is CN(Cc1ccccc1)C(=O)c1ccc(OCc2ccccc2)cc1. The molecule has 0 radical (unpaired) electrons. The minimum absolute atomic E-state index is 0.00142. The van der Waals surface area contributed by atoms with Gasteiger partial charge in [0.05, 0.1) is 0 Å². The van der Waals surface area contributed by atoms with Gasteiger partial charge in [-0.15, -0.1) is 0 Å². The minimum Gasteiger partial charge on any atom is -0.489 e. The lowest BCUT2D eigenvalue weighted by atomic mass is 10.1. The maximum absolute atomic E-state index is 12.5. The van der Waals surface area contributed by atoms with Crippen LogP contribution in [0.25, 0.3) is 0 Å². The highest BCUT2D eigenvalue weighted by molar-refractivity contribution is 5.94. The van der Waals surface area contributed by atoms with E-state index < -0.39 is 0 Å². The molecular weight excluding hydrogens is 310 g/mol. The molecule has 3 rings (SSSR count). The fourth-order valence-electron chi connectivity index (χ4n) is 2.58. The van der Waals surface area contributed by atoms with E-state index in [1.807, 2.05) is 92.0 Å². The fourth-order valence-corrected chi connectivity index (χ4v) is 2.58. The van der Waals surface area contributed by atoms with Crippen molar-refractivity contribution in [1.29, 1.82) is 0 Å². The van der Waals surface area contributed by atoms with Gasteiger partial charge < -0.3 is 9.64 Å². The van der Waals surface area contributed by atoms with Crippen LogP contribution in [-0.2, 0) is 13.2 Å². The number of nitrogens with zero attached hydrogens (tertiary/aromatic N) is 1. The van der Waals surface area contributed by atoms with Crippen LogP contribution < -0.4 is 4.74 Å². The van der Waals surface area contributed by atoms with Gasteiger partial charge in [-0.3, -0.25) is 4.79 Å². The summed E-state index contributed by atoms with van der Waals surface area (Å²) in [6, 6.07) is 27.3. The third-order valence-corrected chi connectivity index (χ3v) is 3.96. The highest BCUT2D eigenvalue weighted by Gasteiger charge is 2.12. The Hall–Kier alpha value is -3.07. The summed E-state index contributed by atoms with van der Waals surface area (Å²) >= 11 is 0. The van der Waals surface area contributed by atoms with E-state index in [2.05, 4.69) is 0 Å². The van der Waals surface area contributed by atoms with Crippen molar-refractivity contribution in [2.24, 2.45) is 0 Å². The summed E-state index contributed by atoms with van der Waals surface area (Å²) < 4.78 is 5.76. The molecule has 0 saturated carbocycles. The molecule has 3 heteroatoms. The summed E-state index contributed by atoms with van der Waals surface area (Å²) in [5.74, 6) is 0.754. The molecule has 0 bridgehead atoms. The highest BCUT2D eigenvalue weighted by atomic mass is 16.5. The van der Waals surface area contributed by atoms with Gasteiger partial charge in [0, 0.05) is 19.2 Å². The summed E-state index contributed by atoms with van der Waals surface area (Å²) in [5.41, 5.74) is 2.89. The van der Waals surface area contributed by atoms with Crippen LogP contribution in [0.5, 0.6) is 5.75 Å². The van der Waals surface area contributed by atoms with Crippen LogP contribution in [0.1, 0.15) is 21.5 Å². The molecule has 3 aromatic carbocycles. The van der Waals surface area contributed by atoms with Gasteiger partial charge in [0.1, 0.15) is 12.4 Å². The molecule has 0 aliphatic rings. The molecule has 1 amide bonds.